The van der Waals surface area contributed by atoms with E-state index in [0.717, 1.165) is 28.4 Å². The second kappa shape index (κ2) is 19.3. The van der Waals surface area contributed by atoms with Crippen molar-refractivity contribution in [2.75, 3.05) is 14.6 Å². The van der Waals surface area contributed by atoms with Crippen LogP contribution in [0.25, 0.3) is 53.6 Å². The summed E-state index contributed by atoms with van der Waals surface area (Å²) in [6.45, 7) is 27.5. The zero-order valence-electron chi connectivity index (χ0n) is 49.1. The molecule has 2 aliphatic heterocycles. The lowest BCUT2D eigenvalue weighted by molar-refractivity contribution is 0.590. The molecule has 10 aromatic carbocycles. The van der Waals surface area contributed by atoms with Crippen molar-refractivity contribution in [3.63, 3.8) is 0 Å². The number of thiophene rings is 1. The van der Waals surface area contributed by atoms with Crippen LogP contribution in [0.4, 0.5) is 45.5 Å². The minimum Gasteiger partial charge on any atom is -0.376 e. The second-order valence-electron chi connectivity index (χ2n) is 26.7. The zero-order chi connectivity index (χ0) is 56.3. The molecular weight excluding hydrogens is 998 g/mol. The number of anilines is 8. The van der Waals surface area contributed by atoms with Gasteiger partial charge in [0.25, 0.3) is 0 Å². The van der Waals surface area contributed by atoms with Gasteiger partial charge in [-0.2, -0.15) is 0 Å². The van der Waals surface area contributed by atoms with Gasteiger partial charge in [-0.25, -0.2) is 0 Å². The van der Waals surface area contributed by atoms with E-state index in [2.05, 4.69) is 316 Å². The Kier molecular flexibility index (Phi) is 12.4. The molecule has 3 heterocycles. The Bertz CT molecular complexity index is 4130. The molecule has 0 radical (unpaired) electrons. The normalized spacial score (nSPS) is 13.4. The summed E-state index contributed by atoms with van der Waals surface area (Å²) < 4.78 is 2.58. The van der Waals surface area contributed by atoms with Gasteiger partial charge in [0.2, 0.25) is 0 Å². The lowest BCUT2D eigenvalue weighted by Crippen LogP contribution is -2.61. The van der Waals surface area contributed by atoms with Crippen LogP contribution in [0, 0.1) is 0 Å². The van der Waals surface area contributed by atoms with Gasteiger partial charge in [0.15, 0.2) is 0 Å². The van der Waals surface area contributed by atoms with Crippen LogP contribution < -0.4 is 25.5 Å². The molecule has 0 atom stereocenters. The van der Waals surface area contributed by atoms with Gasteiger partial charge < -0.3 is 14.6 Å². The molecule has 11 aromatic rings. The fourth-order valence-corrected chi connectivity index (χ4v) is 13.8. The van der Waals surface area contributed by atoms with E-state index < -0.39 is 0 Å². The maximum Gasteiger partial charge on any atom is 0.333 e. The lowest BCUT2D eigenvalue weighted by Gasteiger charge is -2.46. The molecule has 2 aliphatic rings. The number of fused-ring (bicyclic) bond motifs is 8. The summed E-state index contributed by atoms with van der Waals surface area (Å²) in [6.07, 6.45) is 0. The SMILES string of the molecule is CC(C)(C)c1ccc(N2B3c4ccc5c(sc6ccccc65)c4N(c4ccc(C(C)(C)C)cc4-c4ccccc4)c4cc(-c5ccccc5)cc(c43)-c3cc(N(c4ccc(C(C)(C)C)cc4)c4ccc(C(C)(C)C)cc4)ccc32)cc1. The van der Waals surface area contributed by atoms with E-state index in [1.807, 2.05) is 11.3 Å². The van der Waals surface area contributed by atoms with Crippen molar-refractivity contribution in [3.8, 4) is 33.4 Å². The number of nitrogens with zero attached hydrogens (tertiary/aromatic N) is 3. The van der Waals surface area contributed by atoms with E-state index in [9.17, 15) is 0 Å². The van der Waals surface area contributed by atoms with Crippen molar-refractivity contribution >= 4 is 94.8 Å². The van der Waals surface area contributed by atoms with E-state index in [-0.39, 0.29) is 28.5 Å². The Hall–Kier alpha value is -8.12. The Morgan fingerprint density at radius 1 is 0.370 bits per heavy atom. The predicted octanol–water partition coefficient (Wildman–Crippen LogP) is 20.8. The molecule has 13 rings (SSSR count). The summed E-state index contributed by atoms with van der Waals surface area (Å²) >= 11 is 1.92. The average molecular weight is 1070 g/mol. The Balaban J connectivity index is 1.15. The molecule has 0 bridgehead atoms. The summed E-state index contributed by atoms with van der Waals surface area (Å²) in [5.74, 6) is 0. The number of hydrogen-bond donors (Lipinski definition) is 0. The first kappa shape index (κ1) is 52.3. The van der Waals surface area contributed by atoms with E-state index in [0.29, 0.717) is 0 Å². The van der Waals surface area contributed by atoms with Gasteiger partial charge in [0.05, 0.1) is 16.1 Å². The standard InChI is InChI=1S/C76H72BN3S/c1-73(2,3)52-27-34-56(35-28-52)78(57-36-29-53(30-37-57)74(4,5)6)59-40-44-67-63(48-59)64-45-51(49-21-15-13-16-22-49)46-68-70(64)77(80(67)58-38-31-54(32-39-58)75(7,8)9)65-42-41-61-60-25-19-20-26-69(60)81-72(61)71(65)79(68)66-43-33-55(76(10,11)12)47-62(66)50-23-17-14-18-24-50/h13-48H,1-12H3. The first-order chi connectivity index (χ1) is 38.7. The molecule has 0 saturated carbocycles. The van der Waals surface area contributed by atoms with Gasteiger partial charge in [-0.1, -0.05) is 217 Å². The van der Waals surface area contributed by atoms with Gasteiger partial charge in [-0.15, -0.1) is 11.3 Å². The summed E-state index contributed by atoms with van der Waals surface area (Å²) in [5, 5.41) is 2.57. The summed E-state index contributed by atoms with van der Waals surface area (Å²) in [5.41, 5.74) is 24.2. The quantitative estimate of drug-likeness (QED) is 0.147. The third-order valence-electron chi connectivity index (χ3n) is 17.1. The monoisotopic (exact) mass is 1070 g/mol. The van der Waals surface area contributed by atoms with Crippen LogP contribution in [0.3, 0.4) is 0 Å². The highest BCUT2D eigenvalue weighted by atomic mass is 32.1. The minimum absolute atomic E-state index is 0.00973. The third-order valence-corrected chi connectivity index (χ3v) is 18.3. The fraction of sp³-hybridized carbons (Fsp3) is 0.211. The van der Waals surface area contributed by atoms with Crippen molar-refractivity contribution in [2.45, 2.75) is 105 Å². The summed E-state index contributed by atoms with van der Waals surface area (Å²) in [6, 6.07) is 83.5. The average Bonchev–Trinajstić information content (AvgIpc) is 4.03. The number of rotatable bonds is 7. The molecule has 1 aromatic heterocycles. The van der Waals surface area contributed by atoms with Crippen molar-refractivity contribution < 1.29 is 0 Å². The fourth-order valence-electron chi connectivity index (χ4n) is 12.5. The van der Waals surface area contributed by atoms with Crippen LogP contribution in [0.15, 0.2) is 218 Å². The van der Waals surface area contributed by atoms with E-state index in [4.69, 9.17) is 0 Å². The van der Waals surface area contributed by atoms with Crippen molar-refractivity contribution in [1.82, 2.24) is 0 Å². The molecule has 0 saturated heterocycles. The van der Waals surface area contributed by atoms with Crippen LogP contribution in [0.5, 0.6) is 0 Å². The van der Waals surface area contributed by atoms with Crippen molar-refractivity contribution in [1.29, 1.82) is 0 Å². The molecule has 0 aliphatic carbocycles. The highest BCUT2D eigenvalue weighted by Crippen LogP contribution is 2.54. The number of hydrogen-bond acceptors (Lipinski definition) is 4. The molecule has 400 valence electrons. The molecule has 0 fully saturated rings. The van der Waals surface area contributed by atoms with Gasteiger partial charge >= 0.3 is 6.85 Å². The van der Waals surface area contributed by atoms with Gasteiger partial charge in [-0.3, -0.25) is 0 Å². The van der Waals surface area contributed by atoms with Crippen LogP contribution in [0.1, 0.15) is 105 Å². The van der Waals surface area contributed by atoms with Crippen LogP contribution in [-0.2, 0) is 21.7 Å². The number of benzene rings is 10. The highest BCUT2D eigenvalue weighted by molar-refractivity contribution is 7.26. The van der Waals surface area contributed by atoms with Crippen molar-refractivity contribution in [2.24, 2.45) is 0 Å². The first-order valence-corrected chi connectivity index (χ1v) is 29.8. The third kappa shape index (κ3) is 9.15. The van der Waals surface area contributed by atoms with Crippen LogP contribution >= 0.6 is 11.3 Å². The van der Waals surface area contributed by atoms with Crippen LogP contribution in [-0.4, -0.2) is 6.85 Å². The molecule has 0 amide bonds. The van der Waals surface area contributed by atoms with Gasteiger partial charge in [-0.05, 0) is 162 Å². The molecule has 0 spiro atoms. The zero-order valence-corrected chi connectivity index (χ0v) is 49.9. The summed E-state index contributed by atoms with van der Waals surface area (Å²) in [4.78, 5) is 7.82. The maximum absolute atomic E-state index is 2.68. The molecule has 81 heavy (non-hydrogen) atoms. The Labute approximate surface area is 485 Å². The maximum atomic E-state index is 2.68. The lowest BCUT2D eigenvalue weighted by atomic mass is 9.43. The van der Waals surface area contributed by atoms with E-state index in [1.165, 1.54) is 104 Å². The van der Waals surface area contributed by atoms with E-state index >= 15 is 0 Å². The second-order valence-corrected chi connectivity index (χ2v) is 27.7. The predicted molar refractivity (Wildman–Crippen MR) is 353 cm³/mol. The van der Waals surface area contributed by atoms with Crippen LogP contribution in [0.2, 0.25) is 0 Å². The largest absolute Gasteiger partial charge is 0.376 e. The van der Waals surface area contributed by atoms with Crippen molar-refractivity contribution in [3.05, 3.63) is 241 Å². The topological polar surface area (TPSA) is 9.72 Å². The Morgan fingerprint density at radius 2 is 0.889 bits per heavy atom. The molecule has 0 unspecified atom stereocenters. The smallest absolute Gasteiger partial charge is 0.333 e. The molecule has 5 heteroatoms. The Morgan fingerprint density at radius 3 is 1.48 bits per heavy atom. The van der Waals surface area contributed by atoms with Gasteiger partial charge in [0, 0.05) is 60.7 Å². The van der Waals surface area contributed by atoms with Gasteiger partial charge in [0.1, 0.15) is 0 Å². The highest BCUT2D eigenvalue weighted by Gasteiger charge is 2.47. The molecule has 0 N–H and O–H groups in total. The van der Waals surface area contributed by atoms with E-state index in [1.54, 1.807) is 0 Å². The molecule has 3 nitrogen and oxygen atoms in total. The molecular formula is C76H72BN3S. The first-order valence-electron chi connectivity index (χ1n) is 28.9. The minimum atomic E-state index is -0.181. The summed E-state index contributed by atoms with van der Waals surface area (Å²) in [7, 11) is 0.